The van der Waals surface area contributed by atoms with Crippen molar-refractivity contribution in [2.75, 3.05) is 16.4 Å². The molecule has 0 spiro atoms. The van der Waals surface area contributed by atoms with E-state index in [9.17, 15) is 9.59 Å². The lowest BCUT2D eigenvalue weighted by Gasteiger charge is -2.09. The third-order valence-corrected chi connectivity index (χ3v) is 3.58. The molecule has 0 heterocycles. The van der Waals surface area contributed by atoms with Crippen LogP contribution in [0, 0.1) is 0 Å². The van der Waals surface area contributed by atoms with Crippen molar-refractivity contribution in [1.82, 2.24) is 0 Å². The van der Waals surface area contributed by atoms with E-state index < -0.39 is 0 Å². The van der Waals surface area contributed by atoms with E-state index in [2.05, 4.69) is 10.6 Å². The minimum atomic E-state index is -0.0877. The first-order chi connectivity index (χ1) is 11.6. The summed E-state index contributed by atoms with van der Waals surface area (Å²) < 4.78 is 0. The number of hydrogen-bond acceptors (Lipinski definition) is 3. The van der Waals surface area contributed by atoms with Crippen LogP contribution in [0.25, 0.3) is 0 Å². The van der Waals surface area contributed by atoms with Gasteiger partial charge in [0, 0.05) is 29.9 Å². The van der Waals surface area contributed by atoms with Gasteiger partial charge >= 0.3 is 0 Å². The van der Waals surface area contributed by atoms with Gasteiger partial charge in [-0.3, -0.25) is 9.59 Å². The lowest BCUT2D eigenvalue weighted by Crippen LogP contribution is -2.14. The molecule has 0 atom stereocenters. The molecule has 5 heteroatoms. The number of carbonyl (C=O) groups excluding carboxylic acids is 2. The van der Waals surface area contributed by atoms with Crippen molar-refractivity contribution in [2.45, 2.75) is 32.6 Å². The van der Waals surface area contributed by atoms with E-state index >= 15 is 0 Å². The van der Waals surface area contributed by atoms with Gasteiger partial charge in [-0.05, 0) is 42.7 Å². The number of nitrogen functional groups attached to an aromatic ring is 1. The van der Waals surface area contributed by atoms with Gasteiger partial charge in [0.1, 0.15) is 0 Å². The van der Waals surface area contributed by atoms with Crippen LogP contribution in [0.5, 0.6) is 0 Å². The summed E-state index contributed by atoms with van der Waals surface area (Å²) in [7, 11) is 0. The Kier molecular flexibility index (Phi) is 6.37. The van der Waals surface area contributed by atoms with E-state index in [1.165, 1.54) is 0 Å². The second kappa shape index (κ2) is 8.72. The van der Waals surface area contributed by atoms with Crippen molar-refractivity contribution in [3.05, 3.63) is 54.1 Å². The van der Waals surface area contributed by atoms with Crippen LogP contribution >= 0.6 is 0 Å². The van der Waals surface area contributed by atoms with Gasteiger partial charge in [0.2, 0.25) is 11.8 Å². The number of aryl methyl sites for hydroxylation is 1. The zero-order valence-electron chi connectivity index (χ0n) is 13.8. The molecule has 0 radical (unpaired) electrons. The molecule has 4 N–H and O–H groups in total. The van der Waals surface area contributed by atoms with Crippen molar-refractivity contribution in [2.24, 2.45) is 0 Å². The van der Waals surface area contributed by atoms with E-state index in [1.807, 2.05) is 31.2 Å². The molecule has 2 rings (SSSR count). The molecule has 5 nitrogen and oxygen atoms in total. The first-order valence-electron chi connectivity index (χ1n) is 8.11. The van der Waals surface area contributed by atoms with Crippen molar-refractivity contribution in [1.29, 1.82) is 0 Å². The maximum absolute atomic E-state index is 12.1. The molecule has 0 aliphatic rings. The van der Waals surface area contributed by atoms with Crippen molar-refractivity contribution in [3.8, 4) is 0 Å². The fourth-order valence-electron chi connectivity index (χ4n) is 2.36. The van der Waals surface area contributed by atoms with Gasteiger partial charge < -0.3 is 16.4 Å². The first-order valence-corrected chi connectivity index (χ1v) is 8.11. The number of benzene rings is 2. The molecular weight excluding hydrogens is 302 g/mol. The quantitative estimate of drug-likeness (QED) is 0.680. The van der Waals surface area contributed by atoms with Crippen molar-refractivity contribution in [3.63, 3.8) is 0 Å². The third-order valence-electron chi connectivity index (χ3n) is 3.58. The number of para-hydroxylation sites is 1. The summed E-state index contributed by atoms with van der Waals surface area (Å²) in [5.41, 5.74) is 8.89. The second-order valence-corrected chi connectivity index (χ2v) is 5.63. The molecule has 0 unspecified atom stereocenters. The molecular formula is C19H23N3O2. The van der Waals surface area contributed by atoms with Crippen LogP contribution in [-0.4, -0.2) is 11.8 Å². The summed E-state index contributed by atoms with van der Waals surface area (Å²) in [6.07, 6.45) is 2.21. The number of hydrogen-bond donors (Lipinski definition) is 3. The SMILES string of the molecule is CCCC(=O)Nc1cccc(NC(=O)CCc2ccccc2N)c1. The van der Waals surface area contributed by atoms with E-state index in [1.54, 1.807) is 24.3 Å². The van der Waals surface area contributed by atoms with Crippen molar-refractivity contribution < 1.29 is 9.59 Å². The Morgan fingerprint density at radius 3 is 2.17 bits per heavy atom. The number of amides is 2. The standard InChI is InChI=1S/C19H23N3O2/c1-2-6-18(23)21-15-8-5-9-16(13-15)22-19(24)12-11-14-7-3-4-10-17(14)20/h3-5,7-10,13H,2,6,11-12,20H2,1H3,(H,21,23)(H,22,24). The Morgan fingerprint density at radius 1 is 0.917 bits per heavy atom. The van der Waals surface area contributed by atoms with Gasteiger partial charge in [0.05, 0.1) is 0 Å². The van der Waals surface area contributed by atoms with Gasteiger partial charge in [0.25, 0.3) is 0 Å². The molecule has 2 aromatic rings. The molecule has 0 saturated carbocycles. The minimum absolute atomic E-state index is 0.0273. The highest BCUT2D eigenvalue weighted by molar-refractivity contribution is 5.94. The molecule has 0 fully saturated rings. The van der Waals surface area contributed by atoms with Crippen LogP contribution in [0.4, 0.5) is 17.1 Å². The highest BCUT2D eigenvalue weighted by Crippen LogP contribution is 2.17. The molecule has 0 aliphatic heterocycles. The van der Waals surface area contributed by atoms with Gasteiger partial charge in [-0.1, -0.05) is 31.2 Å². The Hall–Kier alpha value is -2.82. The summed E-state index contributed by atoms with van der Waals surface area (Å²) in [5, 5.41) is 5.66. The summed E-state index contributed by atoms with van der Waals surface area (Å²) in [4.78, 5) is 23.7. The monoisotopic (exact) mass is 325 g/mol. The van der Waals surface area contributed by atoms with Gasteiger partial charge in [0.15, 0.2) is 0 Å². The second-order valence-electron chi connectivity index (χ2n) is 5.63. The predicted molar refractivity (Wildman–Crippen MR) is 97.8 cm³/mol. The minimum Gasteiger partial charge on any atom is -0.399 e. The Balaban J connectivity index is 1.89. The highest BCUT2D eigenvalue weighted by atomic mass is 16.2. The molecule has 24 heavy (non-hydrogen) atoms. The Bertz CT molecular complexity index is 713. The topological polar surface area (TPSA) is 84.2 Å². The molecule has 126 valence electrons. The predicted octanol–water partition coefficient (Wildman–Crippen LogP) is 3.58. The normalized spacial score (nSPS) is 10.2. The van der Waals surface area contributed by atoms with Crippen LogP contribution in [0.2, 0.25) is 0 Å². The fourth-order valence-corrected chi connectivity index (χ4v) is 2.36. The largest absolute Gasteiger partial charge is 0.399 e. The smallest absolute Gasteiger partial charge is 0.224 e. The number of nitrogens with two attached hydrogens (primary N) is 1. The van der Waals surface area contributed by atoms with Gasteiger partial charge in [-0.2, -0.15) is 0 Å². The van der Waals surface area contributed by atoms with Crippen LogP contribution < -0.4 is 16.4 Å². The number of anilines is 3. The maximum atomic E-state index is 12.1. The molecule has 0 saturated heterocycles. The Labute approximate surface area is 142 Å². The lowest BCUT2D eigenvalue weighted by molar-refractivity contribution is -0.117. The van der Waals surface area contributed by atoms with Crippen LogP contribution in [-0.2, 0) is 16.0 Å². The van der Waals surface area contributed by atoms with Gasteiger partial charge in [-0.25, -0.2) is 0 Å². The summed E-state index contributed by atoms with van der Waals surface area (Å²) in [6, 6.07) is 14.7. The zero-order chi connectivity index (χ0) is 17.4. The maximum Gasteiger partial charge on any atom is 0.224 e. The average Bonchev–Trinajstić information content (AvgIpc) is 2.54. The van der Waals surface area contributed by atoms with E-state index in [-0.39, 0.29) is 11.8 Å². The van der Waals surface area contributed by atoms with Crippen LogP contribution in [0.3, 0.4) is 0 Å². The molecule has 0 aliphatic carbocycles. The Morgan fingerprint density at radius 2 is 1.54 bits per heavy atom. The molecule has 0 aromatic heterocycles. The summed E-state index contributed by atoms with van der Waals surface area (Å²) in [6.45, 7) is 1.95. The lowest BCUT2D eigenvalue weighted by atomic mass is 10.1. The number of rotatable bonds is 7. The van der Waals surface area contributed by atoms with E-state index in [0.717, 1.165) is 12.0 Å². The molecule has 0 bridgehead atoms. The first kappa shape index (κ1) is 17.5. The molecule has 2 aromatic carbocycles. The van der Waals surface area contributed by atoms with E-state index in [4.69, 9.17) is 5.73 Å². The summed E-state index contributed by atoms with van der Waals surface area (Å²) in [5.74, 6) is -0.115. The van der Waals surface area contributed by atoms with Crippen LogP contribution in [0.1, 0.15) is 31.7 Å². The van der Waals surface area contributed by atoms with Crippen molar-refractivity contribution >= 4 is 28.9 Å². The summed E-state index contributed by atoms with van der Waals surface area (Å²) >= 11 is 0. The van der Waals surface area contributed by atoms with Gasteiger partial charge in [-0.15, -0.1) is 0 Å². The van der Waals surface area contributed by atoms with Crippen LogP contribution in [0.15, 0.2) is 48.5 Å². The highest BCUT2D eigenvalue weighted by Gasteiger charge is 2.06. The zero-order valence-corrected chi connectivity index (χ0v) is 13.8. The molecule has 2 amide bonds. The fraction of sp³-hybridized carbons (Fsp3) is 0.263. The number of carbonyl (C=O) groups is 2. The third kappa shape index (κ3) is 5.43. The average molecular weight is 325 g/mol. The van der Waals surface area contributed by atoms with E-state index in [0.29, 0.717) is 36.3 Å². The number of nitrogens with one attached hydrogen (secondary N) is 2.